The third-order valence-corrected chi connectivity index (χ3v) is 2.23. The van der Waals surface area contributed by atoms with Gasteiger partial charge in [0.25, 0.3) is 5.91 Å². The fourth-order valence-corrected chi connectivity index (χ4v) is 1.31. The summed E-state index contributed by atoms with van der Waals surface area (Å²) in [6.45, 7) is -0.148. The number of amides is 1. The second-order valence-corrected chi connectivity index (χ2v) is 3.81. The molecule has 4 N–H and O–H groups in total. The Hall–Kier alpha value is -1.63. The van der Waals surface area contributed by atoms with Crippen LogP contribution in [0.2, 0.25) is 0 Å². The normalized spacial score (nSPS) is 11.2. The van der Waals surface area contributed by atoms with Crippen molar-refractivity contribution in [2.75, 3.05) is 6.54 Å². The summed E-state index contributed by atoms with van der Waals surface area (Å²) >= 11 is 3.07. The smallest absolute Gasteiger partial charge is 0.254 e. The molecule has 0 radical (unpaired) electrons. The maximum absolute atomic E-state index is 13.3. The van der Waals surface area contributed by atoms with E-state index >= 15 is 0 Å². The van der Waals surface area contributed by atoms with Gasteiger partial charge >= 0.3 is 0 Å². The number of benzene rings is 1. The summed E-state index contributed by atoms with van der Waals surface area (Å²) in [6, 6.07) is 4.06. The first kappa shape index (κ1) is 12.4. The van der Waals surface area contributed by atoms with Gasteiger partial charge in [-0.25, -0.2) is 4.39 Å². The van der Waals surface area contributed by atoms with Crippen molar-refractivity contribution >= 4 is 27.7 Å². The molecule has 7 heteroatoms. The summed E-state index contributed by atoms with van der Waals surface area (Å²) in [6.07, 6.45) is 0. The molecule has 0 saturated heterocycles. The van der Waals surface area contributed by atoms with E-state index in [0.717, 1.165) is 0 Å². The van der Waals surface area contributed by atoms with E-state index in [9.17, 15) is 9.18 Å². The van der Waals surface area contributed by atoms with Gasteiger partial charge in [-0.1, -0.05) is 21.1 Å². The zero-order valence-electron chi connectivity index (χ0n) is 8.08. The van der Waals surface area contributed by atoms with Crippen LogP contribution in [-0.2, 0) is 0 Å². The topological polar surface area (TPSA) is 87.7 Å². The third kappa shape index (κ3) is 3.20. The number of rotatable bonds is 3. The van der Waals surface area contributed by atoms with Gasteiger partial charge in [-0.05, 0) is 18.2 Å². The van der Waals surface area contributed by atoms with Crippen LogP contribution in [-0.4, -0.2) is 23.5 Å². The molecular weight excluding hydrogens is 281 g/mol. The zero-order valence-corrected chi connectivity index (χ0v) is 9.66. The second kappa shape index (κ2) is 5.45. The minimum Gasteiger partial charge on any atom is -0.409 e. The second-order valence-electron chi connectivity index (χ2n) is 2.90. The van der Waals surface area contributed by atoms with E-state index in [1.165, 1.54) is 12.1 Å². The molecule has 0 aliphatic heterocycles. The van der Waals surface area contributed by atoms with Crippen molar-refractivity contribution < 1.29 is 14.4 Å². The Labute approximate surface area is 99.3 Å². The number of amidine groups is 1. The van der Waals surface area contributed by atoms with Crippen LogP contribution in [0.5, 0.6) is 0 Å². The van der Waals surface area contributed by atoms with Crippen molar-refractivity contribution in [2.24, 2.45) is 10.9 Å². The first-order valence-electron chi connectivity index (χ1n) is 4.24. The van der Waals surface area contributed by atoms with E-state index in [0.29, 0.717) is 4.47 Å². The zero-order chi connectivity index (χ0) is 12.1. The minimum absolute atomic E-state index is 0.103. The van der Waals surface area contributed by atoms with E-state index in [4.69, 9.17) is 10.9 Å². The van der Waals surface area contributed by atoms with Crippen LogP contribution in [0.1, 0.15) is 10.4 Å². The third-order valence-electron chi connectivity index (χ3n) is 1.73. The molecule has 0 saturated carbocycles. The fourth-order valence-electron chi connectivity index (χ4n) is 0.975. The standard InChI is InChI=1S/C9H9BrFN3O2/c10-5-1-2-6(7(11)3-5)9(15)13-4-8(12)14-16/h1-3,16H,4H2,(H2,12,14)(H,13,15). The molecule has 0 aliphatic rings. The van der Waals surface area contributed by atoms with Crippen LogP contribution < -0.4 is 11.1 Å². The van der Waals surface area contributed by atoms with Crippen molar-refractivity contribution in [3.05, 3.63) is 34.1 Å². The molecule has 86 valence electrons. The molecule has 1 aromatic rings. The minimum atomic E-state index is -0.647. The largest absolute Gasteiger partial charge is 0.409 e. The highest BCUT2D eigenvalue weighted by Gasteiger charge is 2.11. The monoisotopic (exact) mass is 289 g/mol. The molecule has 0 heterocycles. The van der Waals surface area contributed by atoms with Gasteiger partial charge in [0.1, 0.15) is 5.82 Å². The molecule has 0 spiro atoms. The van der Waals surface area contributed by atoms with Crippen molar-refractivity contribution in [1.29, 1.82) is 0 Å². The highest BCUT2D eigenvalue weighted by atomic mass is 79.9. The molecule has 0 fully saturated rings. The van der Waals surface area contributed by atoms with Crippen LogP contribution in [0, 0.1) is 5.82 Å². The lowest BCUT2D eigenvalue weighted by Crippen LogP contribution is -2.33. The average molecular weight is 290 g/mol. The van der Waals surface area contributed by atoms with Crippen LogP contribution >= 0.6 is 15.9 Å². The number of oxime groups is 1. The number of nitrogens with zero attached hydrogens (tertiary/aromatic N) is 1. The van der Waals surface area contributed by atoms with E-state index < -0.39 is 11.7 Å². The maximum atomic E-state index is 13.3. The molecule has 0 bridgehead atoms. The molecule has 1 aromatic carbocycles. The summed E-state index contributed by atoms with van der Waals surface area (Å²) in [4.78, 5) is 11.4. The van der Waals surface area contributed by atoms with Crippen LogP contribution in [0.3, 0.4) is 0 Å². The van der Waals surface area contributed by atoms with Crippen molar-refractivity contribution in [3.8, 4) is 0 Å². The SMILES string of the molecule is N/C(CNC(=O)c1ccc(Br)cc1F)=N\O. The van der Waals surface area contributed by atoms with E-state index in [1.54, 1.807) is 6.07 Å². The molecule has 16 heavy (non-hydrogen) atoms. The summed E-state index contributed by atoms with van der Waals surface area (Å²) in [5.74, 6) is -1.44. The van der Waals surface area contributed by atoms with Crippen LogP contribution in [0.25, 0.3) is 0 Å². The van der Waals surface area contributed by atoms with Gasteiger partial charge < -0.3 is 16.3 Å². The van der Waals surface area contributed by atoms with Gasteiger partial charge in [-0.3, -0.25) is 4.79 Å². The lowest BCUT2D eigenvalue weighted by Gasteiger charge is -2.05. The summed E-state index contributed by atoms with van der Waals surface area (Å²) in [5, 5.41) is 13.2. The Morgan fingerprint density at radius 2 is 2.31 bits per heavy atom. The van der Waals surface area contributed by atoms with Gasteiger partial charge in [-0.2, -0.15) is 0 Å². The first-order valence-corrected chi connectivity index (χ1v) is 5.03. The van der Waals surface area contributed by atoms with Crippen LogP contribution in [0.4, 0.5) is 4.39 Å². The lowest BCUT2D eigenvalue weighted by atomic mass is 10.2. The highest BCUT2D eigenvalue weighted by Crippen LogP contribution is 2.14. The van der Waals surface area contributed by atoms with E-state index in [-0.39, 0.29) is 17.9 Å². The van der Waals surface area contributed by atoms with Gasteiger partial charge in [0.05, 0.1) is 12.1 Å². The first-order chi connectivity index (χ1) is 7.54. The quantitative estimate of drug-likeness (QED) is 0.337. The maximum Gasteiger partial charge on any atom is 0.254 e. The Bertz CT molecular complexity index is 437. The summed E-state index contributed by atoms with van der Waals surface area (Å²) in [5.41, 5.74) is 5.04. The molecule has 0 aliphatic carbocycles. The predicted octanol–water partition coefficient (Wildman–Crippen LogP) is 1.06. The predicted molar refractivity (Wildman–Crippen MR) is 59.8 cm³/mol. The molecule has 5 nitrogen and oxygen atoms in total. The van der Waals surface area contributed by atoms with Gasteiger partial charge in [0, 0.05) is 4.47 Å². The van der Waals surface area contributed by atoms with Gasteiger partial charge in [-0.15, -0.1) is 0 Å². The molecule has 0 atom stereocenters. The summed E-state index contributed by atoms with van der Waals surface area (Å²) < 4.78 is 13.8. The molecule has 0 aromatic heterocycles. The number of halogens is 2. The van der Waals surface area contributed by atoms with Crippen molar-refractivity contribution in [2.45, 2.75) is 0 Å². The Morgan fingerprint density at radius 1 is 1.62 bits per heavy atom. The number of nitrogens with two attached hydrogens (primary N) is 1. The van der Waals surface area contributed by atoms with Gasteiger partial charge in [0.2, 0.25) is 0 Å². The number of nitrogens with one attached hydrogen (secondary N) is 1. The van der Waals surface area contributed by atoms with Crippen molar-refractivity contribution in [3.63, 3.8) is 0 Å². The highest BCUT2D eigenvalue weighted by molar-refractivity contribution is 9.10. The van der Waals surface area contributed by atoms with Crippen molar-refractivity contribution in [1.82, 2.24) is 5.32 Å². The molecule has 1 rings (SSSR count). The average Bonchev–Trinajstić information content (AvgIpc) is 2.25. The van der Waals surface area contributed by atoms with E-state index in [2.05, 4.69) is 26.4 Å². The Balaban J connectivity index is 2.74. The molecule has 0 unspecified atom stereocenters. The number of hydrogen-bond acceptors (Lipinski definition) is 3. The summed E-state index contributed by atoms with van der Waals surface area (Å²) in [7, 11) is 0. The number of hydrogen-bond donors (Lipinski definition) is 3. The van der Waals surface area contributed by atoms with Gasteiger partial charge in [0.15, 0.2) is 5.84 Å². The number of carbonyl (C=O) groups excluding carboxylic acids is 1. The fraction of sp³-hybridized carbons (Fsp3) is 0.111. The molecule has 1 amide bonds. The Kier molecular flexibility index (Phi) is 4.24. The Morgan fingerprint density at radius 3 is 2.88 bits per heavy atom. The number of carbonyl (C=O) groups is 1. The van der Waals surface area contributed by atoms with Crippen LogP contribution in [0.15, 0.2) is 27.8 Å². The lowest BCUT2D eigenvalue weighted by molar-refractivity contribution is 0.0955. The molecular formula is C9H9BrFN3O2. The van der Waals surface area contributed by atoms with E-state index in [1.807, 2.05) is 0 Å².